The van der Waals surface area contributed by atoms with Gasteiger partial charge in [0.25, 0.3) is 0 Å². The molecule has 2 aromatic rings. The summed E-state index contributed by atoms with van der Waals surface area (Å²) in [5, 5.41) is 0.802. The summed E-state index contributed by atoms with van der Waals surface area (Å²) in [4.78, 5) is 4.94. The van der Waals surface area contributed by atoms with Crippen molar-refractivity contribution < 1.29 is 0 Å². The zero-order valence-electron chi connectivity index (χ0n) is 13.2. The maximum Gasteiger partial charge on any atom is 0.0850 e. The third kappa shape index (κ3) is 4.32. The van der Waals surface area contributed by atoms with E-state index >= 15 is 0 Å². The van der Waals surface area contributed by atoms with Crippen LogP contribution in [-0.4, -0.2) is 5.71 Å². The molecular formula is C20H22ClN. The van der Waals surface area contributed by atoms with Crippen LogP contribution in [0.5, 0.6) is 0 Å². The Morgan fingerprint density at radius 1 is 0.864 bits per heavy atom. The fourth-order valence-electron chi connectivity index (χ4n) is 2.31. The van der Waals surface area contributed by atoms with Crippen LogP contribution in [0.4, 0.5) is 0 Å². The van der Waals surface area contributed by atoms with Crippen molar-refractivity contribution in [2.45, 2.75) is 33.1 Å². The third-order valence-corrected chi connectivity index (χ3v) is 3.90. The van der Waals surface area contributed by atoms with E-state index in [0.717, 1.165) is 41.3 Å². The van der Waals surface area contributed by atoms with Crippen molar-refractivity contribution in [2.24, 2.45) is 4.99 Å². The van der Waals surface area contributed by atoms with Gasteiger partial charge in [-0.05, 0) is 18.4 Å². The Bertz CT molecular complexity index is 642. The summed E-state index contributed by atoms with van der Waals surface area (Å²) >= 11 is 6.47. The van der Waals surface area contributed by atoms with Crippen LogP contribution in [-0.2, 0) is 0 Å². The molecule has 0 N–H and O–H groups in total. The van der Waals surface area contributed by atoms with Crippen molar-refractivity contribution >= 4 is 23.0 Å². The summed E-state index contributed by atoms with van der Waals surface area (Å²) in [5.74, 6) is 0. The van der Waals surface area contributed by atoms with Crippen molar-refractivity contribution in [1.82, 2.24) is 0 Å². The molecule has 2 aromatic carbocycles. The monoisotopic (exact) mass is 311 g/mol. The molecule has 0 aliphatic heterocycles. The van der Waals surface area contributed by atoms with Crippen LogP contribution in [0.3, 0.4) is 0 Å². The first kappa shape index (κ1) is 16.5. The molecule has 1 nitrogen and oxygen atoms in total. The Hall–Kier alpha value is -1.86. The normalized spacial score (nSPS) is 13.0. The lowest BCUT2D eigenvalue weighted by Crippen LogP contribution is -2.01. The van der Waals surface area contributed by atoms with E-state index < -0.39 is 0 Å². The van der Waals surface area contributed by atoms with E-state index in [1.54, 1.807) is 0 Å². The second kappa shape index (κ2) is 8.55. The standard InChI is InChI=1S/C20H22ClN/c1-3-11-19(16-12-7-5-8-13-16)22-20(18(21)4-2)17-14-9-6-10-15-17/h5-10,12-15H,3-4,11H2,1-2H3/b20-18+,22-19?. The largest absolute Gasteiger partial charge is 0.251 e. The van der Waals surface area contributed by atoms with Gasteiger partial charge >= 0.3 is 0 Å². The topological polar surface area (TPSA) is 12.4 Å². The molecule has 0 aromatic heterocycles. The molecule has 0 spiro atoms. The maximum absolute atomic E-state index is 6.47. The van der Waals surface area contributed by atoms with Gasteiger partial charge in [0.1, 0.15) is 0 Å². The molecule has 0 amide bonds. The van der Waals surface area contributed by atoms with E-state index in [0.29, 0.717) is 0 Å². The second-order valence-corrected chi connectivity index (χ2v) is 5.60. The lowest BCUT2D eigenvalue weighted by Gasteiger charge is -2.10. The number of benzene rings is 2. The van der Waals surface area contributed by atoms with Crippen LogP contribution in [0.1, 0.15) is 44.2 Å². The van der Waals surface area contributed by atoms with E-state index in [9.17, 15) is 0 Å². The van der Waals surface area contributed by atoms with Gasteiger partial charge in [-0.1, -0.05) is 92.5 Å². The Morgan fingerprint density at radius 3 is 1.91 bits per heavy atom. The van der Waals surface area contributed by atoms with E-state index in [-0.39, 0.29) is 0 Å². The minimum Gasteiger partial charge on any atom is -0.251 e. The smallest absolute Gasteiger partial charge is 0.0850 e. The van der Waals surface area contributed by atoms with Crippen molar-refractivity contribution in [3.63, 3.8) is 0 Å². The number of hydrogen-bond donors (Lipinski definition) is 0. The maximum atomic E-state index is 6.47. The molecule has 0 unspecified atom stereocenters. The number of aliphatic imine (C=N–C) groups is 1. The van der Waals surface area contributed by atoms with Crippen LogP contribution >= 0.6 is 11.6 Å². The molecule has 0 heterocycles. The van der Waals surface area contributed by atoms with E-state index in [4.69, 9.17) is 16.6 Å². The lowest BCUT2D eigenvalue weighted by atomic mass is 10.0. The average Bonchev–Trinajstić information content (AvgIpc) is 2.59. The Kier molecular flexibility index (Phi) is 6.42. The molecule has 0 saturated carbocycles. The van der Waals surface area contributed by atoms with Crippen molar-refractivity contribution in [3.05, 3.63) is 76.8 Å². The van der Waals surface area contributed by atoms with Crippen molar-refractivity contribution in [3.8, 4) is 0 Å². The van der Waals surface area contributed by atoms with Crippen molar-refractivity contribution in [2.75, 3.05) is 0 Å². The highest BCUT2D eigenvalue weighted by Crippen LogP contribution is 2.26. The quantitative estimate of drug-likeness (QED) is 0.556. The highest BCUT2D eigenvalue weighted by molar-refractivity contribution is 6.32. The molecule has 0 saturated heterocycles. The molecule has 0 radical (unpaired) electrons. The molecule has 0 aliphatic carbocycles. The third-order valence-electron chi connectivity index (χ3n) is 3.46. The van der Waals surface area contributed by atoms with Gasteiger partial charge in [0.15, 0.2) is 0 Å². The van der Waals surface area contributed by atoms with E-state index in [2.05, 4.69) is 38.1 Å². The van der Waals surface area contributed by atoms with Gasteiger partial charge in [-0.3, -0.25) is 4.99 Å². The molecule has 114 valence electrons. The fourth-order valence-corrected chi connectivity index (χ4v) is 2.46. The zero-order chi connectivity index (χ0) is 15.8. The lowest BCUT2D eigenvalue weighted by molar-refractivity contribution is 0.992. The van der Waals surface area contributed by atoms with Crippen LogP contribution < -0.4 is 0 Å². The first-order chi connectivity index (χ1) is 10.8. The SMILES string of the molecule is CCCC(=N/C(=C(/Cl)CC)c1ccccc1)c1ccccc1. The first-order valence-corrected chi connectivity index (χ1v) is 8.21. The molecule has 0 bridgehead atoms. The van der Waals surface area contributed by atoms with Gasteiger partial charge < -0.3 is 0 Å². The summed E-state index contributed by atoms with van der Waals surface area (Å²) in [5.41, 5.74) is 4.21. The number of hydrogen-bond acceptors (Lipinski definition) is 1. The van der Waals surface area contributed by atoms with Crippen molar-refractivity contribution in [1.29, 1.82) is 0 Å². The average molecular weight is 312 g/mol. The summed E-state index contributed by atoms with van der Waals surface area (Å²) in [6, 6.07) is 20.5. The molecule has 2 rings (SSSR count). The summed E-state index contributed by atoms with van der Waals surface area (Å²) < 4.78 is 0. The number of rotatable bonds is 6. The minimum absolute atomic E-state index is 0.781. The molecule has 0 fully saturated rings. The predicted molar refractivity (Wildman–Crippen MR) is 97.4 cm³/mol. The predicted octanol–water partition coefficient (Wildman–Crippen LogP) is 6.29. The second-order valence-electron chi connectivity index (χ2n) is 5.15. The number of nitrogens with zero attached hydrogens (tertiary/aromatic N) is 1. The van der Waals surface area contributed by atoms with Gasteiger partial charge in [-0.25, -0.2) is 0 Å². The summed E-state index contributed by atoms with van der Waals surface area (Å²) in [6.45, 7) is 4.23. The number of halogens is 1. The van der Waals surface area contributed by atoms with Crippen LogP contribution in [0, 0.1) is 0 Å². The van der Waals surface area contributed by atoms with Gasteiger partial charge in [-0.15, -0.1) is 0 Å². The first-order valence-electron chi connectivity index (χ1n) is 7.83. The minimum atomic E-state index is 0.781. The Balaban J connectivity index is 2.51. The van der Waals surface area contributed by atoms with Gasteiger partial charge in [0, 0.05) is 16.3 Å². The van der Waals surface area contributed by atoms with E-state index in [1.807, 2.05) is 36.4 Å². The zero-order valence-corrected chi connectivity index (χ0v) is 14.0. The van der Waals surface area contributed by atoms with Crippen LogP contribution in [0.15, 0.2) is 70.7 Å². The van der Waals surface area contributed by atoms with Crippen LogP contribution in [0.25, 0.3) is 5.70 Å². The molecule has 2 heteroatoms. The van der Waals surface area contributed by atoms with Gasteiger partial charge in [0.2, 0.25) is 0 Å². The number of allylic oxidation sites excluding steroid dienone is 1. The van der Waals surface area contributed by atoms with Gasteiger partial charge in [-0.2, -0.15) is 0 Å². The highest BCUT2D eigenvalue weighted by Gasteiger charge is 2.09. The molecule has 0 atom stereocenters. The summed E-state index contributed by atoms with van der Waals surface area (Å²) in [6.07, 6.45) is 2.78. The Morgan fingerprint density at radius 2 is 1.41 bits per heavy atom. The molecule has 0 aliphatic rings. The van der Waals surface area contributed by atoms with E-state index in [1.165, 1.54) is 5.56 Å². The van der Waals surface area contributed by atoms with Crippen LogP contribution in [0.2, 0.25) is 0 Å². The molecule has 22 heavy (non-hydrogen) atoms. The Labute approximate surface area is 138 Å². The fraction of sp³-hybridized carbons (Fsp3) is 0.250. The highest BCUT2D eigenvalue weighted by atomic mass is 35.5. The summed E-state index contributed by atoms with van der Waals surface area (Å²) in [7, 11) is 0. The van der Waals surface area contributed by atoms with Gasteiger partial charge in [0.05, 0.1) is 5.70 Å². The molecular weight excluding hydrogens is 290 g/mol.